The fourth-order valence-corrected chi connectivity index (χ4v) is 4.74. The molecule has 1 fully saturated rings. The fraction of sp³-hybridized carbons (Fsp3) is 0.348. The Morgan fingerprint density at radius 3 is 2.45 bits per heavy atom. The number of phenols is 2. The number of fused-ring (bicyclic) bond motifs is 3. The first-order chi connectivity index (χ1) is 14.9. The van der Waals surface area contributed by atoms with E-state index in [1.165, 1.54) is 13.2 Å². The van der Waals surface area contributed by atoms with Crippen LogP contribution >= 0.6 is 0 Å². The first-order valence-corrected chi connectivity index (χ1v) is 10.3. The molecule has 0 bridgehead atoms. The molecule has 3 aliphatic rings. The van der Waals surface area contributed by atoms with Crippen molar-refractivity contribution in [3.05, 3.63) is 51.6 Å². The molecule has 0 saturated carbocycles. The number of benzene rings is 2. The number of hydrogen-bond donors (Lipinski definition) is 4. The molecule has 31 heavy (non-hydrogen) atoms. The van der Waals surface area contributed by atoms with Crippen molar-refractivity contribution >= 4 is 17.5 Å². The van der Waals surface area contributed by atoms with Gasteiger partial charge in [0.2, 0.25) is 11.7 Å². The van der Waals surface area contributed by atoms with E-state index in [-0.39, 0.29) is 63.8 Å². The molecule has 2 aromatic rings. The normalized spacial score (nSPS) is 19.7. The van der Waals surface area contributed by atoms with Gasteiger partial charge in [0.1, 0.15) is 17.2 Å². The molecule has 8 heteroatoms. The summed E-state index contributed by atoms with van der Waals surface area (Å²) in [5, 5.41) is 28.1. The molecule has 4 N–H and O–H groups in total. The van der Waals surface area contributed by atoms with Crippen LogP contribution < -0.4 is 15.4 Å². The highest BCUT2D eigenvalue weighted by atomic mass is 16.5. The Kier molecular flexibility index (Phi) is 4.48. The van der Waals surface area contributed by atoms with Crippen LogP contribution in [0.2, 0.25) is 0 Å². The highest BCUT2D eigenvalue weighted by Crippen LogP contribution is 2.47. The zero-order valence-electron chi connectivity index (χ0n) is 16.9. The van der Waals surface area contributed by atoms with Crippen molar-refractivity contribution in [2.45, 2.75) is 25.3 Å². The molecular formula is C23H22N2O6. The second-order valence-electron chi connectivity index (χ2n) is 8.25. The molecule has 1 atom stereocenters. The van der Waals surface area contributed by atoms with Crippen molar-refractivity contribution in [1.29, 1.82) is 0 Å². The van der Waals surface area contributed by atoms with E-state index < -0.39 is 11.6 Å². The zero-order valence-corrected chi connectivity index (χ0v) is 16.9. The lowest BCUT2D eigenvalue weighted by Crippen LogP contribution is -2.58. The summed E-state index contributed by atoms with van der Waals surface area (Å²) in [6.45, 7) is 1.46. The van der Waals surface area contributed by atoms with Gasteiger partial charge in [0.15, 0.2) is 5.78 Å². The lowest BCUT2D eigenvalue weighted by molar-refractivity contribution is -0.126. The van der Waals surface area contributed by atoms with Crippen LogP contribution in [0.15, 0.2) is 18.2 Å². The number of carbonyl (C=O) groups is 3. The van der Waals surface area contributed by atoms with Crippen molar-refractivity contribution in [2.75, 3.05) is 20.2 Å². The lowest BCUT2D eigenvalue weighted by atomic mass is 9.75. The van der Waals surface area contributed by atoms with E-state index in [9.17, 15) is 24.6 Å². The minimum atomic E-state index is -0.560. The summed E-state index contributed by atoms with van der Waals surface area (Å²) in [6, 6.07) is 4.77. The second kappa shape index (κ2) is 7.09. The van der Waals surface area contributed by atoms with Gasteiger partial charge in [-0.25, -0.2) is 0 Å². The van der Waals surface area contributed by atoms with E-state index in [0.717, 1.165) is 13.1 Å². The summed E-state index contributed by atoms with van der Waals surface area (Å²) in [4.78, 5) is 39.1. The van der Waals surface area contributed by atoms with Crippen molar-refractivity contribution in [1.82, 2.24) is 10.6 Å². The van der Waals surface area contributed by atoms with Crippen LogP contribution in [-0.2, 0) is 17.6 Å². The molecule has 0 spiro atoms. The Bertz CT molecular complexity index is 1150. The average Bonchev–Trinajstić information content (AvgIpc) is 2.75. The van der Waals surface area contributed by atoms with Crippen LogP contribution in [0.4, 0.5) is 0 Å². The topological polar surface area (TPSA) is 125 Å². The number of ether oxygens (including phenoxy) is 1. The Balaban J connectivity index is 1.58. The van der Waals surface area contributed by atoms with Gasteiger partial charge in [0.25, 0.3) is 0 Å². The first-order valence-electron chi connectivity index (χ1n) is 10.3. The summed E-state index contributed by atoms with van der Waals surface area (Å²) in [6.07, 6.45) is 0.997. The highest BCUT2D eigenvalue weighted by Gasteiger charge is 2.41. The van der Waals surface area contributed by atoms with Crippen LogP contribution in [0.5, 0.6) is 17.2 Å². The molecule has 1 amide bonds. The molecule has 1 unspecified atom stereocenters. The molecule has 5 rings (SSSR count). The van der Waals surface area contributed by atoms with Gasteiger partial charge in [0, 0.05) is 35.7 Å². The maximum atomic E-state index is 13.3. The largest absolute Gasteiger partial charge is 0.507 e. The van der Waals surface area contributed by atoms with Crippen molar-refractivity contribution in [2.24, 2.45) is 5.92 Å². The minimum Gasteiger partial charge on any atom is -0.507 e. The van der Waals surface area contributed by atoms with Crippen LogP contribution in [0.3, 0.4) is 0 Å². The Labute approximate surface area is 178 Å². The molecule has 2 aromatic carbocycles. The van der Waals surface area contributed by atoms with Crippen LogP contribution in [0.1, 0.15) is 49.4 Å². The molecular weight excluding hydrogens is 400 g/mol. The standard InChI is InChI=1S/C23H22N2O6/c1-31-15-4-2-3-13-16(15)22(29)18-17(20(13)27)21(28)14-7-10(5-6-12(14)19(18)26)23(30)25-11-8-24-9-11/h2-4,10-11,24,26,28H,5-9H2,1H3,(H,25,30). The SMILES string of the molecule is COc1cccc2c1C(=O)c1c(O)c3c(c(O)c1C2=O)CC(C(=O)NC1CNC1)CC3. The van der Waals surface area contributed by atoms with Crippen molar-refractivity contribution in [3.63, 3.8) is 0 Å². The summed E-state index contributed by atoms with van der Waals surface area (Å²) < 4.78 is 5.25. The quantitative estimate of drug-likeness (QED) is 0.466. The number of aromatic hydroxyl groups is 2. The van der Waals surface area contributed by atoms with E-state index in [2.05, 4.69) is 10.6 Å². The summed E-state index contributed by atoms with van der Waals surface area (Å²) in [5.74, 6) is -1.97. The fourth-order valence-electron chi connectivity index (χ4n) is 4.74. The Morgan fingerprint density at radius 2 is 1.77 bits per heavy atom. The van der Waals surface area contributed by atoms with Gasteiger partial charge in [-0.15, -0.1) is 0 Å². The highest BCUT2D eigenvalue weighted by molar-refractivity contribution is 6.31. The predicted molar refractivity (Wildman–Crippen MR) is 110 cm³/mol. The molecule has 0 radical (unpaired) electrons. The van der Waals surface area contributed by atoms with Crippen molar-refractivity contribution in [3.8, 4) is 17.2 Å². The van der Waals surface area contributed by atoms with E-state index >= 15 is 0 Å². The zero-order chi connectivity index (χ0) is 21.9. The number of rotatable bonds is 3. The number of nitrogens with one attached hydrogen (secondary N) is 2. The molecule has 1 saturated heterocycles. The molecule has 160 valence electrons. The maximum Gasteiger partial charge on any atom is 0.223 e. The Hall–Kier alpha value is -3.39. The van der Waals surface area contributed by atoms with Gasteiger partial charge in [-0.1, -0.05) is 12.1 Å². The summed E-state index contributed by atoms with van der Waals surface area (Å²) >= 11 is 0. The average molecular weight is 422 g/mol. The third-order valence-electron chi connectivity index (χ3n) is 6.52. The van der Waals surface area contributed by atoms with Crippen LogP contribution in [0.25, 0.3) is 0 Å². The van der Waals surface area contributed by atoms with Crippen LogP contribution in [-0.4, -0.2) is 53.9 Å². The van der Waals surface area contributed by atoms with E-state index in [4.69, 9.17) is 4.74 Å². The molecule has 1 heterocycles. The summed E-state index contributed by atoms with van der Waals surface area (Å²) in [7, 11) is 1.40. The van der Waals surface area contributed by atoms with Crippen LogP contribution in [0, 0.1) is 5.92 Å². The number of ketones is 2. The maximum absolute atomic E-state index is 13.3. The van der Waals surface area contributed by atoms with Gasteiger partial charge in [-0.05, 0) is 25.3 Å². The number of hydrogen-bond acceptors (Lipinski definition) is 7. The predicted octanol–water partition coefficient (Wildman–Crippen LogP) is 1.07. The van der Waals surface area contributed by atoms with Gasteiger partial charge in [0.05, 0.1) is 29.8 Å². The Morgan fingerprint density at radius 1 is 1.06 bits per heavy atom. The number of amides is 1. The minimum absolute atomic E-state index is 0.0827. The third-order valence-corrected chi connectivity index (χ3v) is 6.52. The summed E-state index contributed by atoms with van der Waals surface area (Å²) in [5.41, 5.74) is 0.591. The molecule has 8 nitrogen and oxygen atoms in total. The number of carbonyl (C=O) groups excluding carboxylic acids is 3. The smallest absolute Gasteiger partial charge is 0.223 e. The number of methoxy groups -OCH3 is 1. The molecule has 2 aliphatic carbocycles. The van der Waals surface area contributed by atoms with Gasteiger partial charge in [-0.3, -0.25) is 14.4 Å². The van der Waals surface area contributed by atoms with Crippen molar-refractivity contribution < 1.29 is 29.3 Å². The monoisotopic (exact) mass is 422 g/mol. The third kappa shape index (κ3) is 2.82. The molecule has 1 aliphatic heterocycles. The van der Waals surface area contributed by atoms with E-state index in [0.29, 0.717) is 24.0 Å². The van der Waals surface area contributed by atoms with Gasteiger partial charge < -0.3 is 25.6 Å². The van der Waals surface area contributed by atoms with E-state index in [1.807, 2.05) is 0 Å². The van der Waals surface area contributed by atoms with Gasteiger partial charge >= 0.3 is 0 Å². The molecule has 0 aromatic heterocycles. The van der Waals surface area contributed by atoms with E-state index in [1.54, 1.807) is 12.1 Å². The van der Waals surface area contributed by atoms with Gasteiger partial charge in [-0.2, -0.15) is 0 Å². The number of phenolic OH excluding ortho intramolecular Hbond substituents is 2. The first kappa shape index (κ1) is 19.6. The lowest BCUT2D eigenvalue weighted by Gasteiger charge is -2.32. The second-order valence-corrected chi connectivity index (χ2v) is 8.25.